The highest BCUT2D eigenvalue weighted by atomic mass is 16.3. The number of hydrogen-bond donors (Lipinski definition) is 2. The van der Waals surface area contributed by atoms with Crippen LogP contribution in [0.4, 0.5) is 5.95 Å². The standard InChI is InChI=1S/C24H25N5O/c1-16-13-26-24(27-19-8-10-20(30)11-9-19)28-23(16)21-14-25-22-12-7-18(15-29(21)22)17-5-3-2-4-6-17/h2-7,12-15,19-20,30H,8-11H2,1H3,(H,26,27,28). The second kappa shape index (κ2) is 7.88. The molecule has 30 heavy (non-hydrogen) atoms. The Hall–Kier alpha value is -3.25. The normalized spacial score (nSPS) is 19.1. The zero-order valence-corrected chi connectivity index (χ0v) is 17.0. The summed E-state index contributed by atoms with van der Waals surface area (Å²) in [6.45, 7) is 2.02. The van der Waals surface area contributed by atoms with E-state index in [0.717, 1.165) is 53.8 Å². The molecule has 2 N–H and O–H groups in total. The minimum atomic E-state index is -0.172. The maximum Gasteiger partial charge on any atom is 0.223 e. The molecule has 0 bridgehead atoms. The van der Waals surface area contributed by atoms with Gasteiger partial charge in [0.05, 0.1) is 23.7 Å². The summed E-state index contributed by atoms with van der Waals surface area (Å²) in [5.74, 6) is 0.631. The molecule has 1 saturated carbocycles. The van der Waals surface area contributed by atoms with Crippen molar-refractivity contribution in [3.63, 3.8) is 0 Å². The summed E-state index contributed by atoms with van der Waals surface area (Å²) in [5.41, 5.74) is 6.02. The first-order valence-corrected chi connectivity index (χ1v) is 10.5. The fourth-order valence-electron chi connectivity index (χ4n) is 4.13. The zero-order chi connectivity index (χ0) is 20.5. The van der Waals surface area contributed by atoms with Gasteiger partial charge in [0.1, 0.15) is 5.65 Å². The number of aliphatic hydroxyl groups excluding tert-OH is 1. The van der Waals surface area contributed by atoms with Crippen LogP contribution < -0.4 is 5.32 Å². The predicted molar refractivity (Wildman–Crippen MR) is 118 cm³/mol. The van der Waals surface area contributed by atoms with E-state index in [1.54, 1.807) is 0 Å². The second-order valence-corrected chi connectivity index (χ2v) is 8.03. The number of imidazole rings is 1. The molecule has 0 spiro atoms. The van der Waals surface area contributed by atoms with Gasteiger partial charge in [-0.15, -0.1) is 0 Å². The maximum absolute atomic E-state index is 9.74. The van der Waals surface area contributed by atoms with Crippen LogP contribution in [0.25, 0.3) is 28.2 Å². The molecule has 0 aliphatic heterocycles. The molecule has 1 aromatic carbocycles. The molecule has 0 amide bonds. The molecule has 4 aromatic rings. The molecule has 3 heterocycles. The van der Waals surface area contributed by atoms with Gasteiger partial charge in [-0.25, -0.2) is 15.0 Å². The van der Waals surface area contributed by atoms with Crippen molar-refractivity contribution in [2.24, 2.45) is 0 Å². The van der Waals surface area contributed by atoms with E-state index >= 15 is 0 Å². The monoisotopic (exact) mass is 399 g/mol. The van der Waals surface area contributed by atoms with Gasteiger partial charge in [0.15, 0.2) is 0 Å². The third-order valence-electron chi connectivity index (χ3n) is 5.86. The van der Waals surface area contributed by atoms with Crippen LogP contribution in [0, 0.1) is 6.92 Å². The Morgan fingerprint density at radius 3 is 2.53 bits per heavy atom. The van der Waals surface area contributed by atoms with Crippen molar-refractivity contribution in [2.45, 2.75) is 44.8 Å². The van der Waals surface area contributed by atoms with E-state index in [4.69, 9.17) is 4.98 Å². The van der Waals surface area contributed by atoms with Crippen molar-refractivity contribution in [3.05, 3.63) is 66.6 Å². The summed E-state index contributed by atoms with van der Waals surface area (Å²) < 4.78 is 2.10. The Morgan fingerprint density at radius 2 is 1.73 bits per heavy atom. The van der Waals surface area contributed by atoms with Crippen molar-refractivity contribution < 1.29 is 5.11 Å². The van der Waals surface area contributed by atoms with Crippen molar-refractivity contribution in [1.82, 2.24) is 19.4 Å². The van der Waals surface area contributed by atoms with Gasteiger partial charge in [-0.3, -0.25) is 4.40 Å². The average molecular weight is 399 g/mol. The van der Waals surface area contributed by atoms with Gasteiger partial charge >= 0.3 is 0 Å². The molecule has 1 aliphatic carbocycles. The van der Waals surface area contributed by atoms with E-state index in [0.29, 0.717) is 12.0 Å². The molecular weight excluding hydrogens is 374 g/mol. The number of anilines is 1. The van der Waals surface area contributed by atoms with Gasteiger partial charge in [0, 0.05) is 18.4 Å². The fraction of sp³-hybridized carbons (Fsp3) is 0.292. The summed E-state index contributed by atoms with van der Waals surface area (Å²) in [7, 11) is 0. The van der Waals surface area contributed by atoms with Gasteiger partial charge in [-0.05, 0) is 61.4 Å². The lowest BCUT2D eigenvalue weighted by molar-refractivity contribution is 0.126. The highest BCUT2D eigenvalue weighted by Gasteiger charge is 2.20. The molecule has 6 heteroatoms. The second-order valence-electron chi connectivity index (χ2n) is 8.03. The van der Waals surface area contributed by atoms with Gasteiger partial charge in [0.25, 0.3) is 0 Å². The van der Waals surface area contributed by atoms with Crippen LogP contribution in [0.1, 0.15) is 31.2 Å². The number of aliphatic hydroxyl groups is 1. The summed E-state index contributed by atoms with van der Waals surface area (Å²) >= 11 is 0. The third kappa shape index (κ3) is 3.66. The smallest absolute Gasteiger partial charge is 0.223 e. The molecule has 3 aromatic heterocycles. The van der Waals surface area contributed by atoms with Crippen molar-refractivity contribution in [3.8, 4) is 22.5 Å². The first kappa shape index (κ1) is 18.8. The van der Waals surface area contributed by atoms with E-state index < -0.39 is 0 Å². The summed E-state index contributed by atoms with van der Waals surface area (Å²) in [5, 5.41) is 13.2. The Morgan fingerprint density at radius 1 is 0.933 bits per heavy atom. The van der Waals surface area contributed by atoms with E-state index in [2.05, 4.69) is 44.1 Å². The minimum Gasteiger partial charge on any atom is -0.393 e. The van der Waals surface area contributed by atoms with E-state index in [1.165, 1.54) is 5.56 Å². The fourth-order valence-corrected chi connectivity index (χ4v) is 4.13. The van der Waals surface area contributed by atoms with Gasteiger partial charge in [-0.2, -0.15) is 0 Å². The molecule has 1 aliphatic rings. The summed E-state index contributed by atoms with van der Waals surface area (Å²) in [4.78, 5) is 13.9. The van der Waals surface area contributed by atoms with Gasteiger partial charge in [-0.1, -0.05) is 30.3 Å². The molecule has 5 rings (SSSR count). The number of benzene rings is 1. The highest BCUT2D eigenvalue weighted by Crippen LogP contribution is 2.27. The van der Waals surface area contributed by atoms with Crippen LogP contribution in [0.15, 0.2) is 61.1 Å². The molecule has 1 fully saturated rings. The van der Waals surface area contributed by atoms with Crippen molar-refractivity contribution >= 4 is 11.6 Å². The number of nitrogens with one attached hydrogen (secondary N) is 1. The van der Waals surface area contributed by atoms with Crippen LogP contribution in [-0.2, 0) is 0 Å². The molecule has 152 valence electrons. The maximum atomic E-state index is 9.74. The van der Waals surface area contributed by atoms with Gasteiger partial charge < -0.3 is 10.4 Å². The number of aromatic nitrogens is 4. The SMILES string of the molecule is Cc1cnc(NC2CCC(O)CC2)nc1-c1cnc2ccc(-c3ccccc3)cn12. The number of nitrogens with zero attached hydrogens (tertiary/aromatic N) is 4. The molecule has 0 radical (unpaired) electrons. The Bertz CT molecular complexity index is 1160. The summed E-state index contributed by atoms with van der Waals surface area (Å²) in [6, 6.07) is 14.8. The van der Waals surface area contributed by atoms with Crippen LogP contribution in [0.2, 0.25) is 0 Å². The topological polar surface area (TPSA) is 75.3 Å². The highest BCUT2D eigenvalue weighted by molar-refractivity contribution is 5.69. The van der Waals surface area contributed by atoms with Crippen molar-refractivity contribution in [1.29, 1.82) is 0 Å². The largest absolute Gasteiger partial charge is 0.393 e. The Labute approximate surface area is 175 Å². The van der Waals surface area contributed by atoms with Gasteiger partial charge in [0.2, 0.25) is 5.95 Å². The van der Waals surface area contributed by atoms with Crippen LogP contribution >= 0.6 is 0 Å². The lowest BCUT2D eigenvalue weighted by Crippen LogP contribution is -2.29. The number of rotatable bonds is 4. The summed E-state index contributed by atoms with van der Waals surface area (Å²) in [6.07, 6.45) is 9.20. The molecule has 6 nitrogen and oxygen atoms in total. The van der Waals surface area contributed by atoms with E-state index in [1.807, 2.05) is 43.6 Å². The first-order valence-electron chi connectivity index (χ1n) is 10.5. The van der Waals surface area contributed by atoms with Crippen LogP contribution in [-0.4, -0.2) is 36.6 Å². The van der Waals surface area contributed by atoms with Crippen LogP contribution in [0.3, 0.4) is 0 Å². The lowest BCUT2D eigenvalue weighted by Gasteiger charge is -2.26. The quantitative estimate of drug-likeness (QED) is 0.529. The Kier molecular flexibility index (Phi) is 4.93. The lowest BCUT2D eigenvalue weighted by atomic mass is 9.93. The molecule has 0 unspecified atom stereocenters. The van der Waals surface area contributed by atoms with E-state index in [9.17, 15) is 5.11 Å². The predicted octanol–water partition coefficient (Wildman–Crippen LogP) is 4.48. The van der Waals surface area contributed by atoms with E-state index in [-0.39, 0.29) is 6.10 Å². The molecule has 0 atom stereocenters. The average Bonchev–Trinajstić information content (AvgIpc) is 3.20. The number of pyridine rings is 1. The number of fused-ring (bicyclic) bond motifs is 1. The number of hydrogen-bond acceptors (Lipinski definition) is 5. The van der Waals surface area contributed by atoms with Crippen molar-refractivity contribution in [2.75, 3.05) is 5.32 Å². The molecule has 0 saturated heterocycles. The third-order valence-corrected chi connectivity index (χ3v) is 5.86. The zero-order valence-electron chi connectivity index (χ0n) is 17.0. The minimum absolute atomic E-state index is 0.172. The Balaban J connectivity index is 1.50. The number of aryl methyl sites for hydroxylation is 1. The van der Waals surface area contributed by atoms with Crippen LogP contribution in [0.5, 0.6) is 0 Å². The first-order chi connectivity index (χ1) is 14.7. The molecular formula is C24H25N5O.